The maximum absolute atomic E-state index is 12.5. The van der Waals surface area contributed by atoms with Gasteiger partial charge in [-0.25, -0.2) is 13.4 Å². The fraction of sp³-hybridized carbons (Fsp3) is 0.200. The number of benzene rings is 2. The molecule has 2 N–H and O–H groups in total. The average Bonchev–Trinajstić information content (AvgIpc) is 3.16. The number of rotatable bonds is 6. The first-order valence-electron chi connectivity index (χ1n) is 9.49. The highest BCUT2D eigenvalue weighted by atomic mass is 32.2. The van der Waals surface area contributed by atoms with E-state index in [0.29, 0.717) is 10.7 Å². The van der Waals surface area contributed by atoms with E-state index < -0.39 is 14.9 Å². The van der Waals surface area contributed by atoms with Crippen molar-refractivity contribution < 1.29 is 18.1 Å². The lowest BCUT2D eigenvalue weighted by atomic mass is 10.0. The first-order chi connectivity index (χ1) is 14.8. The second-order valence-corrected chi connectivity index (χ2v) is 9.75. The number of amides is 1. The molecular formula is C20H18N4O5S2. The number of nitro groups is 1. The number of sulfonamides is 1. The van der Waals surface area contributed by atoms with Gasteiger partial charge in [0.2, 0.25) is 0 Å². The molecule has 1 aromatic heterocycles. The van der Waals surface area contributed by atoms with Crippen LogP contribution in [0.4, 0.5) is 16.5 Å². The van der Waals surface area contributed by atoms with Crippen molar-refractivity contribution in [3.05, 3.63) is 74.8 Å². The molecule has 0 saturated carbocycles. The number of non-ortho nitro benzene ring substituents is 1. The maximum atomic E-state index is 12.5. The van der Waals surface area contributed by atoms with E-state index in [0.717, 1.165) is 37.4 Å². The van der Waals surface area contributed by atoms with Crippen LogP contribution in [0.1, 0.15) is 33.8 Å². The molecule has 9 nitrogen and oxygen atoms in total. The molecule has 0 spiro atoms. The van der Waals surface area contributed by atoms with Crippen LogP contribution in [0.15, 0.2) is 53.4 Å². The topological polar surface area (TPSA) is 131 Å². The summed E-state index contributed by atoms with van der Waals surface area (Å²) in [5.74, 6) is -0.334. The predicted octanol–water partition coefficient (Wildman–Crippen LogP) is 3.98. The Bertz CT molecular complexity index is 1230. The zero-order chi connectivity index (χ0) is 22.0. The van der Waals surface area contributed by atoms with Gasteiger partial charge in [0, 0.05) is 28.3 Å². The van der Waals surface area contributed by atoms with E-state index in [4.69, 9.17) is 0 Å². The quantitative estimate of drug-likeness (QED) is 0.424. The Balaban J connectivity index is 1.45. The Morgan fingerprint density at radius 3 is 2.55 bits per heavy atom. The smallest absolute Gasteiger partial charge is 0.270 e. The molecule has 1 heterocycles. The van der Waals surface area contributed by atoms with Crippen molar-refractivity contribution in [3.8, 4) is 0 Å². The summed E-state index contributed by atoms with van der Waals surface area (Å²) in [6, 6.07) is 10.7. The van der Waals surface area contributed by atoms with Gasteiger partial charge >= 0.3 is 0 Å². The van der Waals surface area contributed by atoms with E-state index >= 15 is 0 Å². The average molecular weight is 459 g/mol. The molecule has 11 heteroatoms. The summed E-state index contributed by atoms with van der Waals surface area (Å²) in [7, 11) is -4.02. The number of aryl methyl sites for hydroxylation is 2. The van der Waals surface area contributed by atoms with Crippen molar-refractivity contribution in [2.75, 3.05) is 10.0 Å². The summed E-state index contributed by atoms with van der Waals surface area (Å²) >= 11 is 1.49. The van der Waals surface area contributed by atoms with Gasteiger partial charge in [0.15, 0.2) is 5.13 Å². The number of aromatic nitrogens is 1. The van der Waals surface area contributed by atoms with Gasteiger partial charge in [-0.2, -0.15) is 0 Å². The van der Waals surface area contributed by atoms with Crippen molar-refractivity contribution in [2.45, 2.75) is 30.6 Å². The van der Waals surface area contributed by atoms with Crippen molar-refractivity contribution in [3.63, 3.8) is 0 Å². The van der Waals surface area contributed by atoms with Crippen molar-refractivity contribution >= 4 is 43.8 Å². The van der Waals surface area contributed by atoms with Crippen molar-refractivity contribution in [1.82, 2.24) is 4.98 Å². The van der Waals surface area contributed by atoms with Gasteiger partial charge in [-0.1, -0.05) is 6.07 Å². The summed E-state index contributed by atoms with van der Waals surface area (Å²) < 4.78 is 27.4. The fourth-order valence-electron chi connectivity index (χ4n) is 3.24. The second kappa shape index (κ2) is 8.44. The fourth-order valence-corrected chi connectivity index (χ4v) is 5.39. The van der Waals surface area contributed by atoms with Gasteiger partial charge in [0.25, 0.3) is 21.6 Å². The summed E-state index contributed by atoms with van der Waals surface area (Å²) in [5, 5.41) is 14.2. The molecule has 3 aromatic rings. The van der Waals surface area contributed by atoms with Crippen molar-refractivity contribution in [1.29, 1.82) is 0 Å². The monoisotopic (exact) mass is 458 g/mol. The minimum absolute atomic E-state index is 0.226. The molecule has 4 rings (SSSR count). The van der Waals surface area contributed by atoms with Gasteiger partial charge in [-0.3, -0.25) is 24.9 Å². The van der Waals surface area contributed by atoms with Crippen LogP contribution in [0.25, 0.3) is 0 Å². The standard InChI is InChI=1S/C20H18N4O5S2/c25-19(22-20-21-17-6-1-2-7-18(17)30-20)13-8-10-14(11-9-13)23-31(28,29)16-5-3-4-15(12-16)24(26)27/h3-5,8-12,23H,1-2,6-7H2,(H,21,22,25). The molecule has 0 unspecified atom stereocenters. The summed E-state index contributed by atoms with van der Waals surface area (Å²) in [5.41, 5.74) is 1.32. The first kappa shape index (κ1) is 20.9. The third kappa shape index (κ3) is 4.72. The van der Waals surface area contributed by atoms with E-state index in [2.05, 4.69) is 15.0 Å². The highest BCUT2D eigenvalue weighted by Gasteiger charge is 2.19. The van der Waals surface area contributed by atoms with E-state index in [-0.39, 0.29) is 22.2 Å². The highest BCUT2D eigenvalue weighted by Crippen LogP contribution is 2.30. The highest BCUT2D eigenvalue weighted by molar-refractivity contribution is 7.92. The van der Waals surface area contributed by atoms with Crippen LogP contribution in [0.2, 0.25) is 0 Å². The Morgan fingerprint density at radius 1 is 1.10 bits per heavy atom. The summed E-state index contributed by atoms with van der Waals surface area (Å²) in [6.45, 7) is 0. The molecule has 1 amide bonds. The third-order valence-electron chi connectivity index (χ3n) is 4.80. The molecule has 0 fully saturated rings. The van der Waals surface area contributed by atoms with Gasteiger partial charge in [-0.15, -0.1) is 11.3 Å². The van der Waals surface area contributed by atoms with Crippen LogP contribution in [-0.4, -0.2) is 24.2 Å². The third-order valence-corrected chi connectivity index (χ3v) is 7.26. The Morgan fingerprint density at radius 2 is 1.84 bits per heavy atom. The van der Waals surface area contributed by atoms with Gasteiger partial charge < -0.3 is 0 Å². The van der Waals surface area contributed by atoms with Crippen LogP contribution in [0, 0.1) is 10.1 Å². The Hall–Kier alpha value is -3.31. The zero-order valence-corrected chi connectivity index (χ0v) is 17.8. The number of anilines is 2. The number of carbonyl (C=O) groups is 1. The molecule has 1 aliphatic carbocycles. The van der Waals surface area contributed by atoms with E-state index in [1.807, 2.05) is 0 Å². The molecule has 160 valence electrons. The lowest BCUT2D eigenvalue weighted by Crippen LogP contribution is -2.14. The molecule has 2 aromatic carbocycles. The molecule has 0 atom stereocenters. The normalized spacial score (nSPS) is 13.3. The largest absolute Gasteiger partial charge is 0.298 e. The van der Waals surface area contributed by atoms with E-state index in [9.17, 15) is 23.3 Å². The van der Waals surface area contributed by atoms with Crippen LogP contribution >= 0.6 is 11.3 Å². The number of thiazole rings is 1. The molecular weight excluding hydrogens is 440 g/mol. The van der Waals surface area contributed by atoms with Crippen molar-refractivity contribution in [2.24, 2.45) is 0 Å². The molecule has 0 saturated heterocycles. The summed E-state index contributed by atoms with van der Waals surface area (Å²) in [4.78, 5) is 28.2. The number of nitrogens with one attached hydrogen (secondary N) is 2. The first-order valence-corrected chi connectivity index (χ1v) is 11.8. The second-order valence-electron chi connectivity index (χ2n) is 6.99. The van der Waals surface area contributed by atoms with Gasteiger partial charge in [-0.05, 0) is 56.0 Å². The number of nitrogens with zero attached hydrogens (tertiary/aromatic N) is 2. The molecule has 0 radical (unpaired) electrons. The van der Waals surface area contributed by atoms with Crippen LogP contribution < -0.4 is 10.0 Å². The lowest BCUT2D eigenvalue weighted by molar-refractivity contribution is -0.385. The lowest BCUT2D eigenvalue weighted by Gasteiger charge is -2.09. The number of nitro benzene ring substituents is 1. The van der Waals surface area contributed by atoms with Gasteiger partial charge in [0.05, 0.1) is 15.5 Å². The molecule has 0 bridgehead atoms. The summed E-state index contributed by atoms with van der Waals surface area (Å²) in [6.07, 6.45) is 4.16. The predicted molar refractivity (Wildman–Crippen MR) is 117 cm³/mol. The van der Waals surface area contributed by atoms with Gasteiger partial charge in [0.1, 0.15) is 0 Å². The number of fused-ring (bicyclic) bond motifs is 1. The molecule has 31 heavy (non-hydrogen) atoms. The Labute approximate surface area is 182 Å². The van der Waals surface area contributed by atoms with E-state index in [1.54, 1.807) is 0 Å². The minimum Gasteiger partial charge on any atom is -0.298 e. The number of hydrogen-bond acceptors (Lipinski definition) is 7. The minimum atomic E-state index is -4.02. The van der Waals surface area contributed by atoms with Crippen LogP contribution in [-0.2, 0) is 22.9 Å². The SMILES string of the molecule is O=C(Nc1nc2c(s1)CCCC2)c1ccc(NS(=O)(=O)c2cccc([N+](=O)[O-])c2)cc1. The van der Waals surface area contributed by atoms with E-state index in [1.165, 1.54) is 58.7 Å². The number of hydrogen-bond donors (Lipinski definition) is 2. The molecule has 1 aliphatic rings. The zero-order valence-electron chi connectivity index (χ0n) is 16.2. The number of carbonyl (C=O) groups excluding carboxylic acids is 1. The Kier molecular flexibility index (Phi) is 5.70. The molecule has 0 aliphatic heterocycles. The van der Waals surface area contributed by atoms with Crippen LogP contribution in [0.3, 0.4) is 0 Å². The maximum Gasteiger partial charge on any atom is 0.270 e. The van der Waals surface area contributed by atoms with Crippen LogP contribution in [0.5, 0.6) is 0 Å².